The highest BCUT2D eigenvalue weighted by Crippen LogP contribution is 2.21. The van der Waals surface area contributed by atoms with Crippen LogP contribution in [0.5, 0.6) is 0 Å². The number of nitrogens with one attached hydrogen (secondary N) is 4. The summed E-state index contributed by atoms with van der Waals surface area (Å²) in [7, 11) is 0. The third kappa shape index (κ3) is 6.97. The molecule has 0 fully saturated rings. The van der Waals surface area contributed by atoms with E-state index in [4.69, 9.17) is 17.2 Å². The fourth-order valence-corrected chi connectivity index (χ4v) is 4.67. The number of para-hydroxylation sites is 2. The van der Waals surface area contributed by atoms with Gasteiger partial charge in [0.15, 0.2) is 5.96 Å². The van der Waals surface area contributed by atoms with Crippen LogP contribution in [0.15, 0.2) is 65.9 Å². The van der Waals surface area contributed by atoms with Crippen LogP contribution in [0.2, 0.25) is 0 Å². The summed E-state index contributed by atoms with van der Waals surface area (Å²) in [5.74, 6) is -2.45. The maximum absolute atomic E-state index is 13.4. The maximum atomic E-state index is 13.4. The first-order chi connectivity index (χ1) is 19.2. The molecule has 0 saturated heterocycles. The van der Waals surface area contributed by atoms with Crippen LogP contribution in [0.3, 0.4) is 0 Å². The lowest BCUT2D eigenvalue weighted by atomic mass is 10.0. The molecule has 3 atom stereocenters. The van der Waals surface area contributed by atoms with Gasteiger partial charge in [0, 0.05) is 47.2 Å². The third-order valence-electron chi connectivity index (χ3n) is 6.74. The Balaban J connectivity index is 1.50. The summed E-state index contributed by atoms with van der Waals surface area (Å²) >= 11 is 0. The zero-order chi connectivity index (χ0) is 28.6. The minimum Gasteiger partial charge on any atom is -0.480 e. The molecule has 4 rings (SSSR count). The van der Waals surface area contributed by atoms with E-state index in [1.54, 1.807) is 6.20 Å². The van der Waals surface area contributed by atoms with Gasteiger partial charge in [-0.3, -0.25) is 14.6 Å². The molecule has 2 amide bonds. The lowest BCUT2D eigenvalue weighted by Crippen LogP contribution is -2.55. The Kier molecular flexibility index (Phi) is 9.02. The largest absolute Gasteiger partial charge is 0.480 e. The Morgan fingerprint density at radius 1 is 0.825 bits per heavy atom. The number of aliphatic imine (C=N–C) groups is 1. The van der Waals surface area contributed by atoms with E-state index in [9.17, 15) is 19.5 Å². The van der Waals surface area contributed by atoms with Crippen LogP contribution < -0.4 is 27.8 Å². The number of amides is 2. The first-order valence-corrected chi connectivity index (χ1v) is 13.0. The van der Waals surface area contributed by atoms with E-state index in [1.807, 2.05) is 54.7 Å². The van der Waals surface area contributed by atoms with Crippen molar-refractivity contribution < 1.29 is 19.5 Å². The molecule has 2 heterocycles. The number of hydrogen-bond donors (Lipinski definition) is 8. The monoisotopic (exact) mass is 546 g/mol. The van der Waals surface area contributed by atoms with Gasteiger partial charge in [-0.2, -0.15) is 0 Å². The number of nitrogens with two attached hydrogens (primary N) is 3. The van der Waals surface area contributed by atoms with Gasteiger partial charge in [0.25, 0.3) is 0 Å². The summed E-state index contributed by atoms with van der Waals surface area (Å²) in [5, 5.41) is 16.9. The van der Waals surface area contributed by atoms with E-state index in [2.05, 4.69) is 25.6 Å². The highest BCUT2D eigenvalue weighted by Gasteiger charge is 2.29. The molecule has 2 aromatic heterocycles. The number of aliphatic carboxylic acids is 1. The normalized spacial score (nSPS) is 13.4. The molecule has 4 aromatic rings. The standard InChI is InChI=1S/C28H34N8O4/c29-20(12-16-14-33-21-8-3-1-6-18(16)21)25(37)36-24(13-17-15-34-22-9-4-2-7-19(17)22)26(38)35-23(27(39)40)10-5-11-32-28(30)31/h1-4,6-9,14-15,20,23-24,33-34H,5,10-13,29H2,(H,35,38)(H,36,37)(H,39,40)(H4,30,31,32). The van der Waals surface area contributed by atoms with Gasteiger partial charge in [-0.05, 0) is 42.5 Å². The summed E-state index contributed by atoms with van der Waals surface area (Å²) in [6.45, 7) is 0.222. The van der Waals surface area contributed by atoms with Gasteiger partial charge in [0.1, 0.15) is 12.1 Å². The predicted octanol–water partition coefficient (Wildman–Crippen LogP) is 0.870. The van der Waals surface area contributed by atoms with E-state index in [1.165, 1.54) is 0 Å². The lowest BCUT2D eigenvalue weighted by Gasteiger charge is -2.23. The molecule has 0 radical (unpaired) electrons. The van der Waals surface area contributed by atoms with Crippen molar-refractivity contribution in [2.45, 2.75) is 43.8 Å². The number of benzene rings is 2. The molecule has 12 nitrogen and oxygen atoms in total. The zero-order valence-corrected chi connectivity index (χ0v) is 21.9. The SMILES string of the molecule is NC(N)=NCCCC(NC(=O)C(Cc1c[nH]c2ccccc12)NC(=O)C(N)Cc1c[nH]c2ccccc12)C(=O)O. The second-order valence-corrected chi connectivity index (χ2v) is 9.64. The minimum absolute atomic E-state index is 0.0959. The molecule has 0 bridgehead atoms. The van der Waals surface area contributed by atoms with Crippen LogP contribution in [-0.2, 0) is 27.2 Å². The number of hydrogen-bond acceptors (Lipinski definition) is 5. The fourth-order valence-electron chi connectivity index (χ4n) is 4.67. The Hall–Kier alpha value is -4.84. The zero-order valence-electron chi connectivity index (χ0n) is 21.9. The number of carboxylic acid groups (broad SMARTS) is 1. The van der Waals surface area contributed by atoms with Crippen molar-refractivity contribution in [3.05, 3.63) is 72.1 Å². The van der Waals surface area contributed by atoms with Gasteiger partial charge >= 0.3 is 5.97 Å². The first kappa shape index (κ1) is 28.2. The molecule has 3 unspecified atom stereocenters. The molecular weight excluding hydrogens is 512 g/mol. The summed E-state index contributed by atoms with van der Waals surface area (Å²) in [6.07, 6.45) is 4.40. The van der Waals surface area contributed by atoms with E-state index < -0.39 is 35.9 Å². The van der Waals surface area contributed by atoms with Crippen molar-refractivity contribution >= 4 is 45.5 Å². The summed E-state index contributed by atoms with van der Waals surface area (Å²) < 4.78 is 0. The van der Waals surface area contributed by atoms with Crippen molar-refractivity contribution in [2.75, 3.05) is 6.54 Å². The highest BCUT2D eigenvalue weighted by atomic mass is 16.4. The Bertz CT molecular complexity index is 1520. The second kappa shape index (κ2) is 12.8. The van der Waals surface area contributed by atoms with Gasteiger partial charge < -0.3 is 42.9 Å². The maximum Gasteiger partial charge on any atom is 0.326 e. The molecular formula is C28H34N8O4. The number of fused-ring (bicyclic) bond motifs is 2. The van der Waals surface area contributed by atoms with Crippen molar-refractivity contribution in [2.24, 2.45) is 22.2 Å². The van der Waals surface area contributed by atoms with E-state index in [0.29, 0.717) is 6.42 Å². The molecule has 40 heavy (non-hydrogen) atoms. The van der Waals surface area contributed by atoms with Crippen LogP contribution in [-0.4, -0.2) is 63.5 Å². The number of carboxylic acids is 1. The number of nitrogens with zero attached hydrogens (tertiary/aromatic N) is 1. The Morgan fingerprint density at radius 2 is 1.38 bits per heavy atom. The summed E-state index contributed by atoms with van der Waals surface area (Å²) in [6, 6.07) is 12.1. The predicted molar refractivity (Wildman–Crippen MR) is 153 cm³/mol. The van der Waals surface area contributed by atoms with E-state index >= 15 is 0 Å². The number of aromatic nitrogens is 2. The Morgan fingerprint density at radius 3 is 1.95 bits per heavy atom. The molecule has 0 aliphatic carbocycles. The average Bonchev–Trinajstić information content (AvgIpc) is 3.53. The average molecular weight is 547 g/mol. The molecule has 11 N–H and O–H groups in total. The van der Waals surface area contributed by atoms with Gasteiger partial charge in [-0.25, -0.2) is 4.79 Å². The van der Waals surface area contributed by atoms with Crippen molar-refractivity contribution in [1.29, 1.82) is 0 Å². The van der Waals surface area contributed by atoms with Crippen LogP contribution in [0.4, 0.5) is 0 Å². The quantitative estimate of drug-likeness (QED) is 0.0686. The number of H-pyrrole nitrogens is 2. The molecule has 0 aliphatic rings. The third-order valence-corrected chi connectivity index (χ3v) is 6.74. The number of carbonyl (C=O) groups excluding carboxylic acids is 2. The Labute approximate surface area is 230 Å². The fraction of sp³-hybridized carbons (Fsp3) is 0.286. The molecule has 210 valence electrons. The van der Waals surface area contributed by atoms with E-state index in [0.717, 1.165) is 32.9 Å². The number of rotatable bonds is 13. The molecule has 2 aromatic carbocycles. The summed E-state index contributed by atoms with van der Waals surface area (Å²) in [4.78, 5) is 48.7. The number of guanidine groups is 1. The molecule has 0 aliphatic heterocycles. The number of carbonyl (C=O) groups is 3. The first-order valence-electron chi connectivity index (χ1n) is 13.0. The molecule has 0 spiro atoms. The van der Waals surface area contributed by atoms with Crippen molar-refractivity contribution in [3.63, 3.8) is 0 Å². The van der Waals surface area contributed by atoms with Crippen LogP contribution >= 0.6 is 0 Å². The van der Waals surface area contributed by atoms with Crippen LogP contribution in [0, 0.1) is 0 Å². The highest BCUT2D eigenvalue weighted by molar-refractivity contribution is 5.93. The van der Waals surface area contributed by atoms with E-state index in [-0.39, 0.29) is 31.8 Å². The molecule has 12 heteroatoms. The van der Waals surface area contributed by atoms with Crippen LogP contribution in [0.25, 0.3) is 21.8 Å². The minimum atomic E-state index is -1.20. The second-order valence-electron chi connectivity index (χ2n) is 9.64. The van der Waals surface area contributed by atoms with Gasteiger partial charge in [-0.15, -0.1) is 0 Å². The van der Waals surface area contributed by atoms with Crippen molar-refractivity contribution in [1.82, 2.24) is 20.6 Å². The van der Waals surface area contributed by atoms with Gasteiger partial charge in [-0.1, -0.05) is 36.4 Å². The van der Waals surface area contributed by atoms with Gasteiger partial charge in [0.2, 0.25) is 11.8 Å². The van der Waals surface area contributed by atoms with Gasteiger partial charge in [0.05, 0.1) is 6.04 Å². The van der Waals surface area contributed by atoms with Crippen molar-refractivity contribution in [3.8, 4) is 0 Å². The lowest BCUT2D eigenvalue weighted by molar-refractivity contribution is -0.142. The van der Waals surface area contributed by atoms with Crippen LogP contribution in [0.1, 0.15) is 24.0 Å². The molecule has 0 saturated carbocycles. The smallest absolute Gasteiger partial charge is 0.326 e. The summed E-state index contributed by atoms with van der Waals surface area (Å²) in [5.41, 5.74) is 20.4. The number of aromatic amines is 2. The topological polar surface area (TPSA) is 217 Å².